The third-order valence-corrected chi connectivity index (χ3v) is 7.31. The molecule has 0 spiro atoms. The van der Waals surface area contributed by atoms with E-state index in [1.165, 1.54) is 4.31 Å². The van der Waals surface area contributed by atoms with Gasteiger partial charge in [0.25, 0.3) is 0 Å². The van der Waals surface area contributed by atoms with E-state index in [1.807, 2.05) is 13.0 Å². The minimum absolute atomic E-state index is 0.0594. The maximum atomic E-state index is 12.6. The number of ether oxygens (including phenoxy) is 1. The van der Waals surface area contributed by atoms with Gasteiger partial charge in [0.1, 0.15) is 11.3 Å². The highest BCUT2D eigenvalue weighted by Gasteiger charge is 2.27. The van der Waals surface area contributed by atoms with Gasteiger partial charge >= 0.3 is 5.63 Å². The molecule has 0 aliphatic carbocycles. The zero-order valence-electron chi connectivity index (χ0n) is 16.9. The second-order valence-electron chi connectivity index (χ2n) is 7.04. The topological polar surface area (TPSA) is 97.1 Å². The summed E-state index contributed by atoms with van der Waals surface area (Å²) in [6.45, 7) is 4.80. The van der Waals surface area contributed by atoms with E-state index in [1.54, 1.807) is 31.1 Å². The molecule has 1 aliphatic heterocycles. The van der Waals surface area contributed by atoms with Crippen molar-refractivity contribution in [3.8, 4) is 5.75 Å². The molecule has 2 aromatic rings. The molecule has 8 nitrogen and oxygen atoms in total. The van der Waals surface area contributed by atoms with Crippen molar-refractivity contribution in [1.82, 2.24) is 9.21 Å². The Hall–Kier alpha value is -2.39. The maximum Gasteiger partial charge on any atom is 0.339 e. The van der Waals surface area contributed by atoms with Crippen LogP contribution in [0.5, 0.6) is 5.75 Å². The molecule has 0 radical (unpaired) electrons. The van der Waals surface area contributed by atoms with Gasteiger partial charge in [0.05, 0.1) is 12.9 Å². The van der Waals surface area contributed by atoms with Gasteiger partial charge in [0, 0.05) is 49.6 Å². The van der Waals surface area contributed by atoms with Crippen LogP contribution in [0, 0.1) is 6.92 Å². The van der Waals surface area contributed by atoms with Gasteiger partial charge in [-0.1, -0.05) is 0 Å². The van der Waals surface area contributed by atoms with E-state index in [-0.39, 0.29) is 24.5 Å². The monoisotopic (exact) mass is 422 g/mol. The number of carbonyl (C=O) groups excluding carboxylic acids is 1. The molecule has 1 aliphatic rings. The first kappa shape index (κ1) is 21.3. The summed E-state index contributed by atoms with van der Waals surface area (Å²) in [4.78, 5) is 26.7. The number of rotatable bonds is 6. The molecule has 0 atom stereocenters. The Kier molecular flexibility index (Phi) is 6.28. The van der Waals surface area contributed by atoms with Crippen LogP contribution in [-0.4, -0.2) is 62.6 Å². The summed E-state index contributed by atoms with van der Waals surface area (Å²) in [6, 6.07) is 5.31. The minimum Gasteiger partial charge on any atom is -0.497 e. The fraction of sp³-hybridized carbons (Fsp3) is 0.500. The SMILES string of the molecule is CCS(=O)(=O)N1CCN(C(=O)CCc2c(C)c3ccc(OC)cc3oc2=O)CC1. The second kappa shape index (κ2) is 8.54. The number of nitrogens with zero attached hydrogens (tertiary/aromatic N) is 2. The molecule has 0 unspecified atom stereocenters. The third-order valence-electron chi connectivity index (χ3n) is 5.43. The van der Waals surface area contributed by atoms with Gasteiger partial charge in [-0.25, -0.2) is 13.2 Å². The van der Waals surface area contributed by atoms with Crippen molar-refractivity contribution in [3.05, 3.63) is 39.7 Å². The van der Waals surface area contributed by atoms with Crippen LogP contribution in [-0.2, 0) is 21.2 Å². The molecule has 2 heterocycles. The van der Waals surface area contributed by atoms with E-state index < -0.39 is 15.6 Å². The molecule has 1 fully saturated rings. The van der Waals surface area contributed by atoms with Gasteiger partial charge in [-0.15, -0.1) is 0 Å². The summed E-state index contributed by atoms with van der Waals surface area (Å²) in [5, 5.41) is 0.811. The molecule has 1 aromatic carbocycles. The van der Waals surface area contributed by atoms with E-state index in [2.05, 4.69) is 0 Å². The average molecular weight is 423 g/mol. The van der Waals surface area contributed by atoms with Crippen LogP contribution in [0.1, 0.15) is 24.5 Å². The van der Waals surface area contributed by atoms with Crippen molar-refractivity contribution in [2.75, 3.05) is 39.0 Å². The summed E-state index contributed by atoms with van der Waals surface area (Å²) in [5.41, 5.74) is 1.29. The van der Waals surface area contributed by atoms with Crippen LogP contribution in [0.25, 0.3) is 11.0 Å². The lowest BCUT2D eigenvalue weighted by molar-refractivity contribution is -0.132. The molecule has 9 heteroatoms. The van der Waals surface area contributed by atoms with Crippen LogP contribution in [0.2, 0.25) is 0 Å². The van der Waals surface area contributed by atoms with Gasteiger partial charge in [0.2, 0.25) is 15.9 Å². The van der Waals surface area contributed by atoms with E-state index in [4.69, 9.17) is 9.15 Å². The Morgan fingerprint density at radius 2 is 1.90 bits per heavy atom. The predicted molar refractivity (Wildman–Crippen MR) is 110 cm³/mol. The number of amides is 1. The van der Waals surface area contributed by atoms with Crippen molar-refractivity contribution >= 4 is 26.9 Å². The fourth-order valence-electron chi connectivity index (χ4n) is 3.58. The van der Waals surface area contributed by atoms with Crippen LogP contribution < -0.4 is 10.4 Å². The lowest BCUT2D eigenvalue weighted by atomic mass is 10.0. The zero-order valence-corrected chi connectivity index (χ0v) is 17.8. The Morgan fingerprint density at radius 1 is 1.21 bits per heavy atom. The fourth-order valence-corrected chi connectivity index (χ4v) is 4.66. The standard InChI is InChI=1S/C20H26N2O6S/c1-4-29(25,26)22-11-9-21(10-12-22)19(23)8-7-17-14(2)16-6-5-15(27-3)13-18(16)28-20(17)24/h5-6,13H,4,7-12H2,1-3H3. The highest BCUT2D eigenvalue weighted by Crippen LogP contribution is 2.24. The van der Waals surface area contributed by atoms with Gasteiger partial charge in [-0.3, -0.25) is 4.79 Å². The maximum absolute atomic E-state index is 12.6. The number of carbonyl (C=O) groups is 1. The number of hydrogen-bond acceptors (Lipinski definition) is 6. The number of sulfonamides is 1. The molecular weight excluding hydrogens is 396 g/mol. The number of aryl methyl sites for hydroxylation is 1. The zero-order chi connectivity index (χ0) is 21.2. The quantitative estimate of drug-likeness (QED) is 0.655. The first-order valence-electron chi connectivity index (χ1n) is 9.62. The summed E-state index contributed by atoms with van der Waals surface area (Å²) in [6.07, 6.45) is 0.455. The number of hydrogen-bond donors (Lipinski definition) is 0. The molecule has 0 N–H and O–H groups in total. The second-order valence-corrected chi connectivity index (χ2v) is 9.29. The smallest absolute Gasteiger partial charge is 0.339 e. The normalized spacial score (nSPS) is 15.6. The molecule has 1 saturated heterocycles. The minimum atomic E-state index is -3.23. The van der Waals surface area contributed by atoms with Crippen LogP contribution in [0.15, 0.2) is 27.4 Å². The number of fused-ring (bicyclic) bond motifs is 1. The Labute approximate surface area is 170 Å². The van der Waals surface area contributed by atoms with Crippen LogP contribution >= 0.6 is 0 Å². The van der Waals surface area contributed by atoms with E-state index in [0.29, 0.717) is 43.1 Å². The van der Waals surface area contributed by atoms with Crippen molar-refractivity contribution in [1.29, 1.82) is 0 Å². The van der Waals surface area contributed by atoms with Gasteiger partial charge in [-0.2, -0.15) is 4.31 Å². The van der Waals surface area contributed by atoms with Crippen LogP contribution in [0.3, 0.4) is 0 Å². The molecule has 0 saturated carbocycles. The molecule has 0 bridgehead atoms. The summed E-state index contributed by atoms with van der Waals surface area (Å²) in [5.74, 6) is 0.573. The lowest BCUT2D eigenvalue weighted by Gasteiger charge is -2.33. The third kappa shape index (κ3) is 4.45. The van der Waals surface area contributed by atoms with Crippen molar-refractivity contribution in [2.24, 2.45) is 0 Å². The van der Waals surface area contributed by atoms with Crippen LogP contribution in [0.4, 0.5) is 0 Å². The van der Waals surface area contributed by atoms with Crippen molar-refractivity contribution < 1.29 is 22.4 Å². The molecule has 1 amide bonds. The van der Waals surface area contributed by atoms with E-state index >= 15 is 0 Å². The average Bonchev–Trinajstić information content (AvgIpc) is 2.73. The lowest BCUT2D eigenvalue weighted by Crippen LogP contribution is -2.50. The number of benzene rings is 1. The molecule has 158 valence electrons. The first-order valence-corrected chi connectivity index (χ1v) is 11.2. The molecule has 3 rings (SSSR count). The Morgan fingerprint density at radius 3 is 2.52 bits per heavy atom. The number of methoxy groups -OCH3 is 1. The van der Waals surface area contributed by atoms with Crippen molar-refractivity contribution in [2.45, 2.75) is 26.7 Å². The van der Waals surface area contributed by atoms with E-state index in [9.17, 15) is 18.0 Å². The molecule has 29 heavy (non-hydrogen) atoms. The highest BCUT2D eigenvalue weighted by molar-refractivity contribution is 7.89. The van der Waals surface area contributed by atoms with Gasteiger partial charge < -0.3 is 14.1 Å². The van der Waals surface area contributed by atoms with Gasteiger partial charge in [-0.05, 0) is 38.0 Å². The predicted octanol–water partition coefficient (Wildman–Crippen LogP) is 1.54. The summed E-state index contributed by atoms with van der Waals surface area (Å²) < 4.78 is 35.9. The first-order chi connectivity index (χ1) is 13.8. The summed E-state index contributed by atoms with van der Waals surface area (Å²) in [7, 11) is -1.68. The molecular formula is C20H26N2O6S. The number of piperazine rings is 1. The van der Waals surface area contributed by atoms with E-state index in [0.717, 1.165) is 10.9 Å². The van der Waals surface area contributed by atoms with Crippen molar-refractivity contribution in [3.63, 3.8) is 0 Å². The van der Waals surface area contributed by atoms with Gasteiger partial charge in [0.15, 0.2) is 0 Å². The highest BCUT2D eigenvalue weighted by atomic mass is 32.2. The Balaban J connectivity index is 1.68. The molecule has 1 aromatic heterocycles. The summed E-state index contributed by atoms with van der Waals surface area (Å²) >= 11 is 0. The Bertz CT molecular complexity index is 1070. The largest absolute Gasteiger partial charge is 0.497 e.